The van der Waals surface area contributed by atoms with Gasteiger partial charge in [-0.05, 0) is 94.6 Å². The lowest BCUT2D eigenvalue weighted by Gasteiger charge is -2.46. The van der Waals surface area contributed by atoms with Gasteiger partial charge in [0.15, 0.2) is 6.61 Å². The molecule has 0 saturated carbocycles. The van der Waals surface area contributed by atoms with Crippen molar-refractivity contribution in [1.82, 2.24) is 5.43 Å². The normalized spacial score (nSPS) is 15.1. The summed E-state index contributed by atoms with van der Waals surface area (Å²) in [6.07, 6.45) is 4.01. The van der Waals surface area contributed by atoms with Crippen LogP contribution in [-0.2, 0) is 4.79 Å². The van der Waals surface area contributed by atoms with Crippen LogP contribution < -0.4 is 15.1 Å². The first kappa shape index (κ1) is 23.1. The Morgan fingerprint density at radius 2 is 1.90 bits per heavy atom. The van der Waals surface area contributed by atoms with E-state index in [0.29, 0.717) is 11.8 Å². The van der Waals surface area contributed by atoms with Gasteiger partial charge in [-0.15, -0.1) is 0 Å². The zero-order valence-electron chi connectivity index (χ0n) is 19.0. The summed E-state index contributed by atoms with van der Waals surface area (Å²) in [5, 5.41) is 4.14. The molecule has 0 aromatic heterocycles. The molecule has 1 amide bonds. The van der Waals surface area contributed by atoms with E-state index in [-0.39, 0.29) is 18.1 Å². The minimum atomic E-state index is -0.307. The summed E-state index contributed by atoms with van der Waals surface area (Å²) in [6.45, 7) is 13.1. The van der Waals surface area contributed by atoms with Crippen molar-refractivity contribution in [1.29, 1.82) is 0 Å². The molecule has 1 aliphatic heterocycles. The smallest absolute Gasteiger partial charge is 0.277 e. The highest BCUT2D eigenvalue weighted by molar-refractivity contribution is 9.10. The van der Waals surface area contributed by atoms with E-state index in [2.05, 4.69) is 91.1 Å². The summed E-state index contributed by atoms with van der Waals surface area (Å²) < 4.78 is 6.43. The number of ether oxygens (including phenoxy) is 1. The third kappa shape index (κ3) is 5.37. The maximum atomic E-state index is 12.1. The van der Waals surface area contributed by atoms with Crippen molar-refractivity contribution in [3.05, 3.63) is 63.6 Å². The summed E-state index contributed by atoms with van der Waals surface area (Å²) in [6, 6.07) is 12.1. The number of hydrogen-bond acceptors (Lipinski definition) is 4. The van der Waals surface area contributed by atoms with Crippen LogP contribution in [0.5, 0.6) is 5.75 Å². The van der Waals surface area contributed by atoms with E-state index in [4.69, 9.17) is 4.74 Å². The second-order valence-electron chi connectivity index (χ2n) is 8.71. The van der Waals surface area contributed by atoms with E-state index in [9.17, 15) is 4.79 Å². The highest BCUT2D eigenvalue weighted by Gasteiger charge is 2.33. The number of amides is 1. The Morgan fingerprint density at radius 1 is 1.23 bits per heavy atom. The molecule has 0 atom stereocenters. The van der Waals surface area contributed by atoms with Crippen molar-refractivity contribution in [2.75, 3.05) is 11.5 Å². The maximum absolute atomic E-state index is 12.1. The molecule has 3 rings (SSSR count). The highest BCUT2D eigenvalue weighted by Crippen LogP contribution is 2.41. The van der Waals surface area contributed by atoms with Crippen LogP contribution in [-0.4, -0.2) is 30.3 Å². The highest BCUT2D eigenvalue weighted by atomic mass is 79.9. The van der Waals surface area contributed by atoms with E-state index in [1.54, 1.807) is 18.3 Å². The molecule has 0 radical (unpaired) electrons. The summed E-state index contributed by atoms with van der Waals surface area (Å²) in [4.78, 5) is 14.5. The number of carbonyl (C=O) groups is 1. The number of fused-ring (bicyclic) bond motifs is 1. The Labute approximate surface area is 193 Å². The zero-order valence-corrected chi connectivity index (χ0v) is 20.6. The first-order valence-corrected chi connectivity index (χ1v) is 11.2. The van der Waals surface area contributed by atoms with Gasteiger partial charge in [-0.3, -0.25) is 4.79 Å². The maximum Gasteiger partial charge on any atom is 0.277 e. The summed E-state index contributed by atoms with van der Waals surface area (Å²) in [5.41, 5.74) is 8.27. The molecule has 0 unspecified atom stereocenters. The molecular formula is C25H30BrN3O2. The number of nitrogens with one attached hydrogen (secondary N) is 1. The second-order valence-corrected chi connectivity index (χ2v) is 9.62. The van der Waals surface area contributed by atoms with Crippen LogP contribution in [0.25, 0.3) is 5.57 Å². The Balaban J connectivity index is 1.71. The minimum Gasteiger partial charge on any atom is -0.484 e. The van der Waals surface area contributed by atoms with Crippen molar-refractivity contribution in [3.8, 4) is 5.75 Å². The van der Waals surface area contributed by atoms with Gasteiger partial charge in [0.1, 0.15) is 5.75 Å². The molecule has 1 aliphatic rings. The van der Waals surface area contributed by atoms with Crippen LogP contribution in [0.3, 0.4) is 0 Å². The van der Waals surface area contributed by atoms with Crippen molar-refractivity contribution < 1.29 is 9.53 Å². The van der Waals surface area contributed by atoms with Crippen LogP contribution in [0.4, 0.5) is 5.69 Å². The predicted octanol–water partition coefficient (Wildman–Crippen LogP) is 5.70. The quantitative estimate of drug-likeness (QED) is 0.423. The Morgan fingerprint density at radius 3 is 2.55 bits per heavy atom. The van der Waals surface area contributed by atoms with E-state index in [0.717, 1.165) is 15.6 Å². The molecule has 1 N–H and O–H groups in total. The third-order valence-corrected chi connectivity index (χ3v) is 5.88. The van der Waals surface area contributed by atoms with Crippen molar-refractivity contribution in [3.63, 3.8) is 0 Å². The van der Waals surface area contributed by atoms with Crippen LogP contribution >= 0.6 is 15.9 Å². The fraction of sp³-hybridized carbons (Fsp3) is 0.360. The van der Waals surface area contributed by atoms with E-state index < -0.39 is 0 Å². The predicted molar refractivity (Wildman–Crippen MR) is 132 cm³/mol. The first-order valence-electron chi connectivity index (χ1n) is 10.4. The molecule has 2 aromatic carbocycles. The van der Waals surface area contributed by atoms with E-state index >= 15 is 0 Å². The monoisotopic (exact) mass is 483 g/mol. The summed E-state index contributed by atoms with van der Waals surface area (Å²) >= 11 is 3.37. The Kier molecular flexibility index (Phi) is 6.90. The number of aryl methyl sites for hydroxylation is 1. The number of nitrogens with zero attached hydrogens (tertiary/aromatic N) is 2. The molecular weight excluding hydrogens is 454 g/mol. The average Bonchev–Trinajstić information content (AvgIpc) is 2.67. The van der Waals surface area contributed by atoms with Crippen LogP contribution in [0.15, 0.2) is 52.0 Å². The Hall–Kier alpha value is -2.60. The Bertz CT molecular complexity index is 1020. The first-order chi connectivity index (χ1) is 14.6. The number of benzene rings is 2. The number of hydrogen-bond donors (Lipinski definition) is 1. The number of hydrazone groups is 1. The number of allylic oxidation sites excluding steroid dienone is 1. The van der Waals surface area contributed by atoms with Crippen molar-refractivity contribution in [2.24, 2.45) is 5.10 Å². The van der Waals surface area contributed by atoms with Gasteiger partial charge in [0, 0.05) is 21.8 Å². The van der Waals surface area contributed by atoms with Crippen LogP contribution in [0.1, 0.15) is 51.3 Å². The average molecular weight is 484 g/mol. The zero-order chi connectivity index (χ0) is 22.8. The lowest BCUT2D eigenvalue weighted by Crippen LogP contribution is -2.49. The van der Waals surface area contributed by atoms with Gasteiger partial charge >= 0.3 is 0 Å². The standard InChI is InChI=1S/C25H30BrN3O2/c1-16(2)29-23-11-17(3)19(12-22(23)18(4)13-25(29,5)6)14-27-28-24(30)15-31-21-9-7-20(26)8-10-21/h7-14,16H,15H2,1-6H3,(H,28,30)/b27-14+. The van der Waals surface area contributed by atoms with Gasteiger partial charge in [-0.25, -0.2) is 5.43 Å². The molecule has 164 valence electrons. The molecule has 31 heavy (non-hydrogen) atoms. The van der Waals surface area contributed by atoms with Gasteiger partial charge in [0.05, 0.1) is 11.8 Å². The van der Waals surface area contributed by atoms with Crippen LogP contribution in [0.2, 0.25) is 0 Å². The third-order valence-electron chi connectivity index (χ3n) is 5.35. The number of rotatable bonds is 6. The number of halogens is 1. The van der Waals surface area contributed by atoms with E-state index in [1.165, 1.54) is 16.8 Å². The van der Waals surface area contributed by atoms with Gasteiger partial charge in [0.2, 0.25) is 0 Å². The molecule has 5 nitrogen and oxygen atoms in total. The van der Waals surface area contributed by atoms with Gasteiger partial charge < -0.3 is 9.64 Å². The molecule has 0 fully saturated rings. The van der Waals surface area contributed by atoms with Crippen LogP contribution in [0, 0.1) is 6.92 Å². The van der Waals surface area contributed by atoms with Crippen molar-refractivity contribution in [2.45, 2.75) is 53.1 Å². The van der Waals surface area contributed by atoms with Gasteiger partial charge in [0.25, 0.3) is 5.91 Å². The lowest BCUT2D eigenvalue weighted by molar-refractivity contribution is -0.123. The molecule has 1 heterocycles. The fourth-order valence-electron chi connectivity index (χ4n) is 4.18. The minimum absolute atomic E-state index is 0.0455. The summed E-state index contributed by atoms with van der Waals surface area (Å²) in [5.74, 6) is 0.325. The largest absolute Gasteiger partial charge is 0.484 e. The van der Waals surface area contributed by atoms with Gasteiger partial charge in [-0.2, -0.15) is 5.10 Å². The number of carbonyl (C=O) groups excluding carboxylic acids is 1. The molecule has 0 saturated heterocycles. The summed E-state index contributed by atoms with van der Waals surface area (Å²) in [7, 11) is 0. The van der Waals surface area contributed by atoms with E-state index in [1.807, 2.05) is 12.1 Å². The second kappa shape index (κ2) is 9.27. The topological polar surface area (TPSA) is 53.9 Å². The fourth-order valence-corrected chi connectivity index (χ4v) is 4.45. The molecule has 2 aromatic rings. The molecule has 0 spiro atoms. The lowest BCUT2D eigenvalue weighted by atomic mass is 9.86. The molecule has 0 aliphatic carbocycles. The SMILES string of the molecule is CC1=CC(C)(C)N(C(C)C)c2cc(C)c(/C=N/NC(=O)COc3ccc(Br)cc3)cc21. The molecule has 0 bridgehead atoms. The van der Waals surface area contributed by atoms with Crippen molar-refractivity contribution >= 4 is 39.3 Å². The molecule has 6 heteroatoms. The van der Waals surface area contributed by atoms with Gasteiger partial charge in [-0.1, -0.05) is 22.0 Å². The number of anilines is 1.